The number of fused-ring (bicyclic) bond motifs is 1. The standard InChI is InChI=1S/C17H18N2O/c1-13-3-4-15-8-16(6-5-14(15)7-13)19(2)10-17(9-18)11-20-12-17/h3-8H,10-12H2,1-2H3. The number of hydrogen-bond donors (Lipinski definition) is 0. The Kier molecular flexibility index (Phi) is 3.11. The van der Waals surface area contributed by atoms with Gasteiger partial charge in [0.2, 0.25) is 0 Å². The molecule has 0 atom stereocenters. The van der Waals surface area contributed by atoms with Crippen molar-refractivity contribution in [2.45, 2.75) is 6.92 Å². The van der Waals surface area contributed by atoms with E-state index in [9.17, 15) is 5.26 Å². The van der Waals surface area contributed by atoms with Crippen molar-refractivity contribution < 1.29 is 4.74 Å². The summed E-state index contributed by atoms with van der Waals surface area (Å²) in [5.74, 6) is 0. The third-order valence-corrected chi connectivity index (χ3v) is 3.95. The average molecular weight is 266 g/mol. The number of ether oxygens (including phenoxy) is 1. The number of rotatable bonds is 3. The second-order valence-electron chi connectivity index (χ2n) is 5.78. The number of hydrogen-bond acceptors (Lipinski definition) is 3. The lowest BCUT2D eigenvalue weighted by Crippen LogP contribution is -2.49. The molecule has 1 heterocycles. The van der Waals surface area contributed by atoms with E-state index in [1.165, 1.54) is 16.3 Å². The van der Waals surface area contributed by atoms with E-state index in [4.69, 9.17) is 4.74 Å². The molecule has 0 unspecified atom stereocenters. The lowest BCUT2D eigenvalue weighted by Gasteiger charge is -2.38. The SMILES string of the molecule is Cc1ccc2cc(N(C)CC3(C#N)COC3)ccc2c1. The summed E-state index contributed by atoms with van der Waals surface area (Å²) in [5, 5.41) is 11.8. The van der Waals surface area contributed by atoms with E-state index in [0.717, 1.165) is 5.69 Å². The minimum Gasteiger partial charge on any atom is -0.378 e. The zero-order valence-electron chi connectivity index (χ0n) is 11.9. The van der Waals surface area contributed by atoms with Crippen LogP contribution >= 0.6 is 0 Å². The molecule has 2 aromatic carbocycles. The predicted octanol–water partition coefficient (Wildman–Crippen LogP) is 3.12. The first-order valence-corrected chi connectivity index (χ1v) is 6.82. The van der Waals surface area contributed by atoms with Gasteiger partial charge in [-0.3, -0.25) is 0 Å². The number of anilines is 1. The van der Waals surface area contributed by atoms with Crippen molar-refractivity contribution in [2.24, 2.45) is 5.41 Å². The van der Waals surface area contributed by atoms with Crippen LogP contribution in [-0.2, 0) is 4.74 Å². The summed E-state index contributed by atoms with van der Waals surface area (Å²) in [6.07, 6.45) is 0. The lowest BCUT2D eigenvalue weighted by molar-refractivity contribution is -0.0716. The van der Waals surface area contributed by atoms with Gasteiger partial charge in [-0.05, 0) is 29.8 Å². The van der Waals surface area contributed by atoms with E-state index >= 15 is 0 Å². The molecule has 0 radical (unpaired) electrons. The highest BCUT2D eigenvalue weighted by Gasteiger charge is 2.40. The zero-order valence-corrected chi connectivity index (χ0v) is 11.9. The molecule has 3 heteroatoms. The Morgan fingerprint density at radius 3 is 2.55 bits per heavy atom. The molecular formula is C17H18N2O. The molecule has 20 heavy (non-hydrogen) atoms. The van der Waals surface area contributed by atoms with Crippen LogP contribution in [-0.4, -0.2) is 26.8 Å². The minimum absolute atomic E-state index is 0.336. The van der Waals surface area contributed by atoms with E-state index in [0.29, 0.717) is 19.8 Å². The molecule has 0 amide bonds. The van der Waals surface area contributed by atoms with Crippen molar-refractivity contribution in [3.05, 3.63) is 42.0 Å². The van der Waals surface area contributed by atoms with E-state index < -0.39 is 0 Å². The van der Waals surface area contributed by atoms with Crippen LogP contribution in [0.5, 0.6) is 0 Å². The Hall–Kier alpha value is -2.05. The molecule has 2 aromatic rings. The Balaban J connectivity index is 1.86. The Morgan fingerprint density at radius 1 is 1.20 bits per heavy atom. The number of nitriles is 1. The van der Waals surface area contributed by atoms with Crippen LogP contribution in [0.15, 0.2) is 36.4 Å². The fourth-order valence-corrected chi connectivity index (χ4v) is 2.67. The van der Waals surface area contributed by atoms with E-state index in [-0.39, 0.29) is 5.41 Å². The van der Waals surface area contributed by atoms with Crippen molar-refractivity contribution in [1.82, 2.24) is 0 Å². The molecule has 0 saturated carbocycles. The maximum atomic E-state index is 9.28. The van der Waals surface area contributed by atoms with Gasteiger partial charge in [0.25, 0.3) is 0 Å². The highest BCUT2D eigenvalue weighted by Crippen LogP contribution is 2.30. The van der Waals surface area contributed by atoms with Gasteiger partial charge < -0.3 is 9.64 Å². The van der Waals surface area contributed by atoms with Crippen LogP contribution in [0.1, 0.15) is 5.56 Å². The molecule has 0 bridgehead atoms. The topological polar surface area (TPSA) is 36.3 Å². The van der Waals surface area contributed by atoms with Crippen LogP contribution in [0.3, 0.4) is 0 Å². The molecule has 1 aliphatic heterocycles. The van der Waals surface area contributed by atoms with E-state index in [2.05, 4.69) is 54.3 Å². The number of nitrogens with zero attached hydrogens (tertiary/aromatic N) is 2. The monoisotopic (exact) mass is 266 g/mol. The molecule has 3 nitrogen and oxygen atoms in total. The van der Waals surface area contributed by atoms with Crippen LogP contribution in [0.25, 0.3) is 10.8 Å². The second-order valence-corrected chi connectivity index (χ2v) is 5.78. The largest absolute Gasteiger partial charge is 0.378 e. The molecule has 0 spiro atoms. The highest BCUT2D eigenvalue weighted by atomic mass is 16.5. The molecule has 0 aromatic heterocycles. The first-order chi connectivity index (χ1) is 9.62. The first kappa shape index (κ1) is 13.0. The second kappa shape index (κ2) is 4.81. The molecule has 1 fully saturated rings. The molecule has 3 rings (SSSR count). The summed E-state index contributed by atoms with van der Waals surface area (Å²) in [4.78, 5) is 2.14. The van der Waals surface area contributed by atoms with Gasteiger partial charge in [-0.2, -0.15) is 5.26 Å². The third-order valence-electron chi connectivity index (χ3n) is 3.95. The van der Waals surface area contributed by atoms with Gasteiger partial charge in [-0.15, -0.1) is 0 Å². The predicted molar refractivity (Wildman–Crippen MR) is 80.8 cm³/mol. The summed E-state index contributed by atoms with van der Waals surface area (Å²) >= 11 is 0. The zero-order chi connectivity index (χ0) is 14.2. The van der Waals surface area contributed by atoms with Gasteiger partial charge in [0.15, 0.2) is 0 Å². The lowest BCUT2D eigenvalue weighted by atomic mass is 9.87. The average Bonchev–Trinajstić information content (AvgIpc) is 2.42. The molecule has 0 N–H and O–H groups in total. The summed E-state index contributed by atoms with van der Waals surface area (Å²) in [6.45, 7) is 3.90. The number of benzene rings is 2. The van der Waals surface area contributed by atoms with Gasteiger partial charge in [0, 0.05) is 19.3 Å². The van der Waals surface area contributed by atoms with Crippen LogP contribution < -0.4 is 4.90 Å². The summed E-state index contributed by atoms with van der Waals surface area (Å²) in [7, 11) is 2.03. The van der Waals surface area contributed by atoms with Gasteiger partial charge in [-0.25, -0.2) is 0 Å². The maximum Gasteiger partial charge on any atom is 0.121 e. The van der Waals surface area contributed by atoms with Crippen molar-refractivity contribution in [2.75, 3.05) is 31.7 Å². The van der Waals surface area contributed by atoms with Gasteiger partial charge >= 0.3 is 0 Å². The molecular weight excluding hydrogens is 248 g/mol. The normalized spacial score (nSPS) is 16.4. The van der Waals surface area contributed by atoms with Gasteiger partial charge in [-0.1, -0.05) is 29.8 Å². The third kappa shape index (κ3) is 2.23. The van der Waals surface area contributed by atoms with E-state index in [1.54, 1.807) is 0 Å². The molecule has 0 aliphatic carbocycles. The smallest absolute Gasteiger partial charge is 0.121 e. The quantitative estimate of drug-likeness (QED) is 0.856. The number of aryl methyl sites for hydroxylation is 1. The van der Waals surface area contributed by atoms with Crippen LogP contribution in [0, 0.1) is 23.7 Å². The van der Waals surface area contributed by atoms with Crippen molar-refractivity contribution >= 4 is 16.5 Å². The van der Waals surface area contributed by atoms with Crippen molar-refractivity contribution in [3.63, 3.8) is 0 Å². The van der Waals surface area contributed by atoms with Crippen molar-refractivity contribution in [3.8, 4) is 6.07 Å². The maximum absolute atomic E-state index is 9.28. The van der Waals surface area contributed by atoms with E-state index in [1.807, 2.05) is 7.05 Å². The summed E-state index contributed by atoms with van der Waals surface area (Å²) in [5.41, 5.74) is 2.08. The van der Waals surface area contributed by atoms with Crippen molar-refractivity contribution in [1.29, 1.82) is 5.26 Å². The molecule has 102 valence electrons. The highest BCUT2D eigenvalue weighted by molar-refractivity contribution is 5.86. The van der Waals surface area contributed by atoms with Gasteiger partial charge in [0.05, 0.1) is 19.3 Å². The summed E-state index contributed by atoms with van der Waals surface area (Å²) < 4.78 is 5.20. The fraction of sp³-hybridized carbons (Fsp3) is 0.353. The fourth-order valence-electron chi connectivity index (χ4n) is 2.67. The Bertz CT molecular complexity index is 683. The van der Waals surface area contributed by atoms with Gasteiger partial charge in [0.1, 0.15) is 5.41 Å². The summed E-state index contributed by atoms with van der Waals surface area (Å²) in [6, 6.07) is 15.3. The first-order valence-electron chi connectivity index (χ1n) is 6.82. The van der Waals surface area contributed by atoms with Crippen LogP contribution in [0.2, 0.25) is 0 Å². The molecule has 1 aliphatic rings. The van der Waals surface area contributed by atoms with Crippen LogP contribution in [0.4, 0.5) is 5.69 Å². The molecule has 1 saturated heterocycles. The Labute approximate surface area is 119 Å². The Morgan fingerprint density at radius 2 is 1.90 bits per heavy atom. The minimum atomic E-state index is -0.336.